The third-order valence-corrected chi connectivity index (χ3v) is 3.13. The van der Waals surface area contributed by atoms with Gasteiger partial charge >= 0.3 is 0 Å². The number of rotatable bonds is 2. The van der Waals surface area contributed by atoms with E-state index in [0.717, 1.165) is 28.0 Å². The van der Waals surface area contributed by atoms with Crippen LogP contribution in [-0.4, -0.2) is 9.97 Å². The Bertz CT molecular complexity index is 811. The van der Waals surface area contributed by atoms with Crippen molar-refractivity contribution in [2.24, 2.45) is 0 Å². The van der Waals surface area contributed by atoms with Gasteiger partial charge in [-0.1, -0.05) is 12.1 Å². The molecule has 0 fully saturated rings. The minimum atomic E-state index is 0.682. The molecule has 19 heavy (non-hydrogen) atoms. The van der Waals surface area contributed by atoms with E-state index in [-0.39, 0.29) is 0 Å². The lowest BCUT2D eigenvalue weighted by Gasteiger charge is -2.06. The van der Waals surface area contributed by atoms with Crippen molar-refractivity contribution >= 4 is 22.6 Å². The topological polar surface area (TPSA) is 53.9 Å². The van der Waals surface area contributed by atoms with Gasteiger partial charge in [0.25, 0.3) is 0 Å². The number of anilines is 2. The van der Waals surface area contributed by atoms with Crippen molar-refractivity contribution in [1.82, 2.24) is 9.97 Å². The first kappa shape index (κ1) is 10.2. The van der Waals surface area contributed by atoms with Gasteiger partial charge in [0.2, 0.25) is 0 Å². The number of hydrogen-bond acceptors (Lipinski definition) is 3. The molecule has 0 aromatic carbocycles. The van der Waals surface area contributed by atoms with Gasteiger partial charge in [0.1, 0.15) is 11.6 Å². The first-order valence-corrected chi connectivity index (χ1v) is 6.07. The van der Waals surface area contributed by atoms with Crippen molar-refractivity contribution in [1.29, 1.82) is 0 Å². The molecular formula is C15H11N3O. The number of aromatic nitrogens is 2. The maximum absolute atomic E-state index is 5.74. The smallest absolute Gasteiger partial charge is 0.199 e. The maximum atomic E-state index is 5.74. The number of aromatic amines is 1. The maximum Gasteiger partial charge on any atom is 0.199 e. The molecule has 4 nitrogen and oxygen atoms in total. The molecule has 0 unspecified atom stereocenters. The minimum absolute atomic E-state index is 0.682. The molecule has 2 N–H and O–H groups in total. The van der Waals surface area contributed by atoms with E-state index in [9.17, 15) is 0 Å². The summed E-state index contributed by atoms with van der Waals surface area (Å²) in [4.78, 5) is 7.46. The van der Waals surface area contributed by atoms with E-state index in [0.29, 0.717) is 5.88 Å². The number of pyridine rings is 1. The second kappa shape index (κ2) is 3.88. The van der Waals surface area contributed by atoms with E-state index in [1.165, 1.54) is 0 Å². The summed E-state index contributed by atoms with van der Waals surface area (Å²) in [6, 6.07) is 13.9. The summed E-state index contributed by atoms with van der Waals surface area (Å²) in [6.07, 6.45) is 3.70. The fourth-order valence-electron chi connectivity index (χ4n) is 2.18. The molecule has 4 rings (SSSR count). The molecule has 2 aliphatic rings. The SMILES string of the molecule is c1cc2ccc(Nc3cc4cc[nH]c4cn3)oc-2c1. The van der Waals surface area contributed by atoms with E-state index in [2.05, 4.69) is 15.3 Å². The Labute approximate surface area is 109 Å². The normalized spacial score (nSPS) is 11.2. The van der Waals surface area contributed by atoms with Crippen LogP contribution in [0.2, 0.25) is 0 Å². The highest BCUT2D eigenvalue weighted by Crippen LogP contribution is 2.28. The van der Waals surface area contributed by atoms with Crippen LogP contribution in [0.1, 0.15) is 0 Å². The third kappa shape index (κ3) is 1.74. The van der Waals surface area contributed by atoms with Gasteiger partial charge in [-0.05, 0) is 30.3 Å². The van der Waals surface area contributed by atoms with Gasteiger partial charge in [0.15, 0.2) is 5.88 Å². The lowest BCUT2D eigenvalue weighted by atomic mass is 10.2. The van der Waals surface area contributed by atoms with E-state index in [1.54, 1.807) is 6.20 Å². The van der Waals surface area contributed by atoms with E-state index >= 15 is 0 Å². The van der Waals surface area contributed by atoms with Gasteiger partial charge in [-0.15, -0.1) is 0 Å². The highest BCUT2D eigenvalue weighted by atomic mass is 16.4. The van der Waals surface area contributed by atoms with Crippen LogP contribution < -0.4 is 5.32 Å². The van der Waals surface area contributed by atoms with Crippen LogP contribution in [0.3, 0.4) is 0 Å². The molecule has 0 amide bonds. The average Bonchev–Trinajstić information content (AvgIpc) is 3.05. The molecule has 0 saturated heterocycles. The molecule has 4 heteroatoms. The zero-order valence-corrected chi connectivity index (χ0v) is 10.1. The number of fused-ring (bicyclic) bond motifs is 2. The minimum Gasteiger partial charge on any atom is -0.440 e. The molecule has 1 aliphatic heterocycles. The van der Waals surface area contributed by atoms with Gasteiger partial charge in [0, 0.05) is 17.1 Å². The van der Waals surface area contributed by atoms with Crippen LogP contribution in [0.15, 0.2) is 59.3 Å². The summed E-state index contributed by atoms with van der Waals surface area (Å²) >= 11 is 0. The first-order valence-electron chi connectivity index (χ1n) is 6.07. The highest BCUT2D eigenvalue weighted by molar-refractivity contribution is 5.81. The Morgan fingerprint density at radius 3 is 3.11 bits per heavy atom. The quantitative estimate of drug-likeness (QED) is 0.564. The predicted molar refractivity (Wildman–Crippen MR) is 74.7 cm³/mol. The Morgan fingerprint density at radius 2 is 2.11 bits per heavy atom. The third-order valence-electron chi connectivity index (χ3n) is 3.13. The molecule has 0 atom stereocenters. The Kier molecular flexibility index (Phi) is 2.08. The largest absolute Gasteiger partial charge is 0.440 e. The highest BCUT2D eigenvalue weighted by Gasteiger charge is 2.06. The predicted octanol–water partition coefficient (Wildman–Crippen LogP) is 4.00. The second-order valence-corrected chi connectivity index (χ2v) is 4.40. The molecule has 2 aromatic heterocycles. The fourth-order valence-corrected chi connectivity index (χ4v) is 2.18. The number of nitrogens with one attached hydrogen (secondary N) is 2. The molecule has 0 radical (unpaired) electrons. The second-order valence-electron chi connectivity index (χ2n) is 4.40. The van der Waals surface area contributed by atoms with Crippen molar-refractivity contribution in [3.63, 3.8) is 0 Å². The zero-order chi connectivity index (χ0) is 12.7. The summed E-state index contributed by atoms with van der Waals surface area (Å²) in [7, 11) is 0. The fraction of sp³-hybridized carbons (Fsp3) is 0. The van der Waals surface area contributed by atoms with Gasteiger partial charge in [-0.25, -0.2) is 4.98 Å². The Morgan fingerprint density at radius 1 is 1.11 bits per heavy atom. The first-order chi connectivity index (χ1) is 9.38. The van der Waals surface area contributed by atoms with Crippen LogP contribution in [0, 0.1) is 0 Å². The molecule has 1 aliphatic carbocycles. The summed E-state index contributed by atoms with van der Waals surface area (Å²) in [6.45, 7) is 0. The Balaban J connectivity index is 1.71. The van der Waals surface area contributed by atoms with Crippen LogP contribution in [0.4, 0.5) is 11.7 Å². The van der Waals surface area contributed by atoms with Crippen LogP contribution in [0.5, 0.6) is 0 Å². The molecule has 2 aromatic rings. The van der Waals surface area contributed by atoms with Crippen LogP contribution >= 0.6 is 0 Å². The lowest BCUT2D eigenvalue weighted by Crippen LogP contribution is -1.93. The Hall–Kier alpha value is -2.75. The van der Waals surface area contributed by atoms with E-state index < -0.39 is 0 Å². The van der Waals surface area contributed by atoms with E-state index in [4.69, 9.17) is 4.42 Å². The van der Waals surface area contributed by atoms with Crippen LogP contribution in [-0.2, 0) is 0 Å². The van der Waals surface area contributed by atoms with Crippen molar-refractivity contribution in [3.8, 4) is 11.3 Å². The van der Waals surface area contributed by atoms with Gasteiger partial charge in [0.05, 0.1) is 11.7 Å². The van der Waals surface area contributed by atoms with E-state index in [1.807, 2.05) is 48.7 Å². The summed E-state index contributed by atoms with van der Waals surface area (Å²) in [5.74, 6) is 2.32. The number of nitrogens with zero attached hydrogens (tertiary/aromatic N) is 1. The standard InChI is InChI=1S/C15H11N3O/c1-2-10-4-5-15(19-13(10)3-1)18-14-8-11-6-7-16-12(11)9-17-14/h1-9,16H,(H,17,18). The summed E-state index contributed by atoms with van der Waals surface area (Å²) in [5.41, 5.74) is 2.12. The summed E-state index contributed by atoms with van der Waals surface area (Å²) in [5, 5.41) is 4.29. The summed E-state index contributed by atoms with van der Waals surface area (Å²) < 4.78 is 5.74. The zero-order valence-electron chi connectivity index (χ0n) is 10.1. The monoisotopic (exact) mass is 249 g/mol. The number of H-pyrrole nitrogens is 1. The number of hydrogen-bond donors (Lipinski definition) is 2. The van der Waals surface area contributed by atoms with Gasteiger partial charge in [-0.2, -0.15) is 0 Å². The van der Waals surface area contributed by atoms with Crippen molar-refractivity contribution in [3.05, 3.63) is 54.9 Å². The van der Waals surface area contributed by atoms with Crippen molar-refractivity contribution in [2.75, 3.05) is 5.32 Å². The molecule has 0 saturated carbocycles. The molecule has 0 bridgehead atoms. The lowest BCUT2D eigenvalue weighted by molar-refractivity contribution is 0.585. The molecule has 0 spiro atoms. The van der Waals surface area contributed by atoms with Gasteiger partial charge < -0.3 is 14.7 Å². The average molecular weight is 249 g/mol. The van der Waals surface area contributed by atoms with Crippen molar-refractivity contribution < 1.29 is 4.42 Å². The van der Waals surface area contributed by atoms with Gasteiger partial charge in [-0.3, -0.25) is 0 Å². The molecule has 92 valence electrons. The molecule has 3 heterocycles. The molecular weight excluding hydrogens is 238 g/mol. The van der Waals surface area contributed by atoms with Crippen molar-refractivity contribution in [2.45, 2.75) is 0 Å². The van der Waals surface area contributed by atoms with Crippen LogP contribution in [0.25, 0.3) is 22.2 Å².